The third kappa shape index (κ3) is 4.89. The monoisotopic (exact) mass is 532 g/mol. The van der Waals surface area contributed by atoms with Crippen LogP contribution in [0.5, 0.6) is 0 Å². The molecule has 6 nitrogen and oxygen atoms in total. The zero-order valence-corrected chi connectivity index (χ0v) is 24.4. The molecule has 6 heteroatoms. The minimum Gasteiger partial charge on any atom is -0.458 e. The molecule has 0 amide bonds. The van der Waals surface area contributed by atoms with E-state index in [4.69, 9.17) is 9.72 Å². The summed E-state index contributed by atoms with van der Waals surface area (Å²) in [6.07, 6.45) is 17.1. The van der Waals surface area contributed by atoms with Crippen LogP contribution in [-0.4, -0.2) is 56.7 Å². The van der Waals surface area contributed by atoms with Crippen molar-refractivity contribution in [3.05, 3.63) is 24.3 Å². The van der Waals surface area contributed by atoms with Crippen LogP contribution in [0, 0.1) is 11.8 Å². The number of carbonyl (C=O) groups excluding carboxylic acids is 1. The molecule has 7 rings (SSSR count). The highest BCUT2D eigenvalue weighted by molar-refractivity contribution is 5.83. The quantitative estimate of drug-likeness (QED) is 0.402. The molecule has 0 unspecified atom stereocenters. The number of anilines is 1. The van der Waals surface area contributed by atoms with Crippen molar-refractivity contribution in [2.24, 2.45) is 11.8 Å². The Balaban J connectivity index is 1.19. The molecule has 0 N–H and O–H groups in total. The highest BCUT2D eigenvalue weighted by atomic mass is 16.6. The molecule has 1 aromatic carbocycles. The van der Waals surface area contributed by atoms with Crippen LogP contribution in [0.25, 0.3) is 11.0 Å². The average Bonchev–Trinajstić information content (AvgIpc) is 3.52. The van der Waals surface area contributed by atoms with E-state index < -0.39 is 5.60 Å². The largest absolute Gasteiger partial charge is 0.458 e. The van der Waals surface area contributed by atoms with Gasteiger partial charge in [-0.3, -0.25) is 4.90 Å². The summed E-state index contributed by atoms with van der Waals surface area (Å²) in [4.78, 5) is 23.8. The summed E-state index contributed by atoms with van der Waals surface area (Å²) < 4.78 is 8.43. The summed E-state index contributed by atoms with van der Waals surface area (Å²) in [5.74, 6) is 2.84. The van der Waals surface area contributed by atoms with Gasteiger partial charge in [0.15, 0.2) is 0 Å². The topological polar surface area (TPSA) is 50.6 Å². The molecule has 39 heavy (non-hydrogen) atoms. The van der Waals surface area contributed by atoms with Gasteiger partial charge in [0.2, 0.25) is 5.95 Å². The molecule has 3 aliphatic heterocycles. The zero-order valence-electron chi connectivity index (χ0n) is 24.4. The van der Waals surface area contributed by atoms with E-state index in [1.807, 2.05) is 20.8 Å². The predicted octanol–water partition coefficient (Wildman–Crippen LogP) is 6.87. The number of hydrogen-bond donors (Lipinski definition) is 0. The summed E-state index contributed by atoms with van der Waals surface area (Å²) >= 11 is 0. The number of carbonyl (C=O) groups is 1. The van der Waals surface area contributed by atoms with Crippen LogP contribution in [0.15, 0.2) is 24.3 Å². The fraction of sp³-hybridized carbons (Fsp3) is 0.758. The van der Waals surface area contributed by atoms with Crippen LogP contribution in [-0.2, 0) is 9.53 Å². The van der Waals surface area contributed by atoms with Gasteiger partial charge in [-0.05, 0) is 103 Å². The Morgan fingerprint density at radius 1 is 0.821 bits per heavy atom. The fourth-order valence-corrected chi connectivity index (χ4v) is 9.35. The van der Waals surface area contributed by atoms with Crippen LogP contribution in [0.1, 0.15) is 110 Å². The Hall–Kier alpha value is -2.08. The Morgan fingerprint density at radius 2 is 1.51 bits per heavy atom. The van der Waals surface area contributed by atoms with Crippen LogP contribution >= 0.6 is 0 Å². The molecule has 3 saturated heterocycles. The fourth-order valence-electron chi connectivity index (χ4n) is 9.35. The molecule has 4 heterocycles. The van der Waals surface area contributed by atoms with Gasteiger partial charge in [-0.15, -0.1) is 0 Å². The summed E-state index contributed by atoms with van der Waals surface area (Å²) in [5, 5.41) is 0. The van der Waals surface area contributed by atoms with Gasteiger partial charge in [-0.2, -0.15) is 0 Å². The molecule has 0 radical (unpaired) electrons. The molecule has 4 bridgehead atoms. The van der Waals surface area contributed by atoms with Crippen molar-refractivity contribution >= 4 is 23.0 Å². The molecule has 212 valence electrons. The van der Waals surface area contributed by atoms with Crippen molar-refractivity contribution in [2.45, 2.75) is 140 Å². The van der Waals surface area contributed by atoms with E-state index in [2.05, 4.69) is 38.6 Å². The normalized spacial score (nSPS) is 35.4. The van der Waals surface area contributed by atoms with Crippen molar-refractivity contribution in [3.8, 4) is 0 Å². The van der Waals surface area contributed by atoms with Crippen LogP contribution < -0.4 is 4.90 Å². The van der Waals surface area contributed by atoms with Gasteiger partial charge in [0.1, 0.15) is 11.6 Å². The van der Waals surface area contributed by atoms with Gasteiger partial charge in [0, 0.05) is 30.7 Å². The third-order valence-electron chi connectivity index (χ3n) is 10.7. The number of esters is 1. The second-order valence-corrected chi connectivity index (χ2v) is 14.5. The molecular weight excluding hydrogens is 484 g/mol. The number of hydrogen-bond acceptors (Lipinski definition) is 5. The van der Waals surface area contributed by atoms with Gasteiger partial charge >= 0.3 is 5.97 Å². The lowest BCUT2D eigenvalue weighted by Gasteiger charge is -2.55. The molecule has 2 aliphatic carbocycles. The van der Waals surface area contributed by atoms with Crippen LogP contribution in [0.4, 0.5) is 5.95 Å². The third-order valence-corrected chi connectivity index (χ3v) is 10.7. The van der Waals surface area contributed by atoms with Crippen molar-refractivity contribution in [1.29, 1.82) is 0 Å². The predicted molar refractivity (Wildman–Crippen MR) is 156 cm³/mol. The van der Waals surface area contributed by atoms with Crippen molar-refractivity contribution in [3.63, 3.8) is 0 Å². The van der Waals surface area contributed by atoms with E-state index in [1.54, 1.807) is 0 Å². The molecular formula is C33H48N4O2. The van der Waals surface area contributed by atoms with E-state index in [0.717, 1.165) is 48.7 Å². The SMILES string of the molecule is CC(C)(C)OC(=O)[C@@H]1CCCN1c1nc2ccccc2n1[C@H]1C[C@H]2CCC[C@@H](C1)N2[C@H]1C[C@@H]2CCC[C@@H](C2)C1. The maximum atomic E-state index is 13.3. The summed E-state index contributed by atoms with van der Waals surface area (Å²) in [5.41, 5.74) is 1.80. The number of rotatable bonds is 4. The summed E-state index contributed by atoms with van der Waals surface area (Å²) in [6.45, 7) is 6.76. The van der Waals surface area contributed by atoms with E-state index >= 15 is 0 Å². The van der Waals surface area contributed by atoms with Gasteiger partial charge < -0.3 is 14.2 Å². The molecule has 5 aliphatic rings. The first kappa shape index (κ1) is 25.9. The van der Waals surface area contributed by atoms with Crippen LogP contribution in [0.3, 0.4) is 0 Å². The number of ether oxygens (including phenoxy) is 1. The maximum Gasteiger partial charge on any atom is 0.329 e. The lowest BCUT2D eigenvalue weighted by molar-refractivity contribution is -0.156. The Kier molecular flexibility index (Phi) is 6.68. The van der Waals surface area contributed by atoms with E-state index in [9.17, 15) is 4.79 Å². The standard InChI is InChI=1S/C33H48N4O2/c1-33(2,3)39-31(38)30-15-8-16-35(30)32-34-28-13-4-5-14-29(28)37(32)27-20-24-11-7-12-25(21-27)36(24)26-18-22-9-6-10-23(17-22)19-26/h4-5,13-14,22-27,30H,6-12,15-21H2,1-3H3/t22-,23+,24-,25+,26+,27+,30-/m0/s1. The van der Waals surface area contributed by atoms with E-state index in [1.165, 1.54) is 76.1 Å². The van der Waals surface area contributed by atoms with E-state index in [-0.39, 0.29) is 12.0 Å². The van der Waals surface area contributed by atoms with E-state index in [0.29, 0.717) is 18.1 Å². The van der Waals surface area contributed by atoms with Gasteiger partial charge in [-0.25, -0.2) is 9.78 Å². The Bertz CT molecular complexity index is 1170. The van der Waals surface area contributed by atoms with Crippen molar-refractivity contribution < 1.29 is 9.53 Å². The lowest BCUT2D eigenvalue weighted by atomic mass is 9.68. The number of piperidine rings is 2. The second kappa shape index (κ2) is 10.1. The smallest absolute Gasteiger partial charge is 0.329 e. The number of imidazole rings is 1. The van der Waals surface area contributed by atoms with Gasteiger partial charge in [0.05, 0.1) is 11.0 Å². The summed E-state index contributed by atoms with van der Waals surface area (Å²) in [6, 6.07) is 11.0. The molecule has 0 spiro atoms. The lowest BCUT2D eigenvalue weighted by Crippen LogP contribution is -2.58. The summed E-state index contributed by atoms with van der Waals surface area (Å²) in [7, 11) is 0. The first-order chi connectivity index (χ1) is 18.8. The first-order valence-corrected chi connectivity index (χ1v) is 16.1. The second-order valence-electron chi connectivity index (χ2n) is 14.5. The van der Waals surface area contributed by atoms with Crippen LogP contribution in [0.2, 0.25) is 0 Å². The first-order valence-electron chi connectivity index (χ1n) is 16.1. The number of para-hydroxylation sites is 2. The van der Waals surface area contributed by atoms with Crippen molar-refractivity contribution in [2.75, 3.05) is 11.4 Å². The highest BCUT2D eigenvalue weighted by Gasteiger charge is 2.46. The van der Waals surface area contributed by atoms with Gasteiger partial charge in [-0.1, -0.05) is 37.8 Å². The Labute approximate surface area is 234 Å². The Morgan fingerprint density at radius 3 is 2.23 bits per heavy atom. The molecule has 2 aromatic rings. The highest BCUT2D eigenvalue weighted by Crippen LogP contribution is 2.48. The van der Waals surface area contributed by atoms with Gasteiger partial charge in [0.25, 0.3) is 0 Å². The van der Waals surface area contributed by atoms with Crippen molar-refractivity contribution in [1.82, 2.24) is 14.5 Å². The number of benzene rings is 1. The average molecular weight is 533 g/mol. The number of fused-ring (bicyclic) bond motifs is 5. The maximum absolute atomic E-state index is 13.3. The number of nitrogens with zero attached hydrogens (tertiary/aromatic N) is 4. The number of aromatic nitrogens is 2. The minimum atomic E-state index is -0.479. The molecule has 2 saturated carbocycles. The zero-order chi connectivity index (χ0) is 26.7. The molecule has 5 fully saturated rings. The molecule has 7 atom stereocenters. The molecule has 1 aromatic heterocycles. The minimum absolute atomic E-state index is 0.104.